The van der Waals surface area contributed by atoms with Crippen LogP contribution in [-0.4, -0.2) is 27.8 Å². The summed E-state index contributed by atoms with van der Waals surface area (Å²) in [6.45, 7) is 16.8. The van der Waals surface area contributed by atoms with E-state index >= 15 is 0 Å². The predicted octanol–water partition coefficient (Wildman–Crippen LogP) is 7.51. The van der Waals surface area contributed by atoms with Crippen LogP contribution >= 0.6 is 0 Å². The second-order valence-electron chi connectivity index (χ2n) is 12.1. The van der Waals surface area contributed by atoms with E-state index in [9.17, 15) is 4.79 Å². The molecule has 0 radical (unpaired) electrons. The minimum absolute atomic E-state index is 0.119. The zero-order chi connectivity index (χ0) is 24.9. The van der Waals surface area contributed by atoms with Crippen LogP contribution in [0.5, 0.6) is 0 Å². The van der Waals surface area contributed by atoms with E-state index in [4.69, 9.17) is 9.57 Å². The van der Waals surface area contributed by atoms with Crippen molar-refractivity contribution in [2.75, 3.05) is 4.90 Å². The van der Waals surface area contributed by atoms with Crippen LogP contribution in [0.4, 0.5) is 10.5 Å². The Balaban J connectivity index is 1.85. The smallest absolute Gasteiger partial charge is 0.415 e. The maximum Gasteiger partial charge on any atom is 0.415 e. The third-order valence-electron chi connectivity index (χ3n) is 6.94. The number of anilines is 1. The number of ether oxygens (including phenoxy) is 1. The largest absolute Gasteiger partial charge is 0.443 e. The van der Waals surface area contributed by atoms with E-state index in [1.165, 1.54) is 6.42 Å². The normalized spacial score (nSPS) is 24.1. The van der Waals surface area contributed by atoms with Crippen LogP contribution < -0.4 is 4.90 Å². The van der Waals surface area contributed by atoms with Gasteiger partial charge in [0.05, 0.1) is 11.7 Å². The summed E-state index contributed by atoms with van der Waals surface area (Å²) in [5.41, 5.74) is 3.21. The Bertz CT molecular complexity index is 1020. The van der Waals surface area contributed by atoms with E-state index in [0.717, 1.165) is 35.2 Å². The molecule has 2 aromatic rings. The van der Waals surface area contributed by atoms with Gasteiger partial charge in [0.25, 0.3) is 0 Å². The number of hydrogen-bond donors (Lipinski definition) is 0. The van der Waals surface area contributed by atoms with Gasteiger partial charge in [0.2, 0.25) is 0 Å². The topological polar surface area (TPSA) is 42.0 Å². The first-order valence-electron chi connectivity index (χ1n) is 12.4. The molecule has 2 heterocycles. The van der Waals surface area contributed by atoms with Crippen molar-refractivity contribution in [2.24, 2.45) is 0 Å². The highest BCUT2D eigenvalue weighted by Gasteiger charge is 2.50. The molecule has 1 saturated heterocycles. The number of nitrogens with zero attached hydrogens (tertiary/aromatic N) is 2. The molecule has 4 rings (SSSR count). The number of amides is 1. The molecular weight excluding hydrogens is 424 g/mol. The fourth-order valence-electron chi connectivity index (χ4n) is 5.56. The van der Waals surface area contributed by atoms with Gasteiger partial charge in [-0.2, -0.15) is 5.06 Å². The van der Waals surface area contributed by atoms with Crippen molar-refractivity contribution in [3.8, 4) is 0 Å². The molecule has 2 aliphatic rings. The number of carbonyl (C=O) groups excluding carboxylic acids is 1. The number of aryl methyl sites for hydroxylation is 1. The molecule has 0 N–H and O–H groups in total. The highest BCUT2D eigenvalue weighted by molar-refractivity contribution is 5.92. The summed E-state index contributed by atoms with van der Waals surface area (Å²) < 4.78 is 5.90. The fraction of sp³-hybridized carbons (Fsp3) is 0.552. The SMILES string of the molecule is Cc1ccc2c(c1)[C@@H](ON1C(C)(C)CCCC1(C)C)[C@H](c1ccccc1)N2C(=O)OC(C)(C)C. The van der Waals surface area contributed by atoms with E-state index in [1.807, 2.05) is 45.0 Å². The minimum Gasteiger partial charge on any atom is -0.443 e. The standard InChI is InChI=1S/C29H40N2O3/c1-20-15-16-23-22(19-20)25(34-31-28(5,6)17-12-18-29(31,7)8)24(21-13-10-9-11-14-21)30(23)26(32)33-27(2,3)4/h9-11,13-16,19,24-25H,12,17-18H2,1-8H3/t24-,25+/m0/s1. The van der Waals surface area contributed by atoms with Crippen LogP contribution in [-0.2, 0) is 9.57 Å². The lowest BCUT2D eigenvalue weighted by Gasteiger charge is -2.52. The van der Waals surface area contributed by atoms with E-state index in [-0.39, 0.29) is 29.3 Å². The molecule has 0 aliphatic carbocycles. The lowest BCUT2D eigenvalue weighted by atomic mass is 9.82. The lowest BCUT2D eigenvalue weighted by Crippen LogP contribution is -2.58. The third-order valence-corrected chi connectivity index (χ3v) is 6.94. The summed E-state index contributed by atoms with van der Waals surface area (Å²) >= 11 is 0. The van der Waals surface area contributed by atoms with E-state index in [2.05, 4.69) is 63.9 Å². The maximum absolute atomic E-state index is 13.6. The molecule has 0 bridgehead atoms. The Labute approximate surface area is 205 Å². The number of fused-ring (bicyclic) bond motifs is 1. The molecule has 2 atom stereocenters. The molecule has 5 heteroatoms. The van der Waals surface area contributed by atoms with Crippen molar-refractivity contribution in [3.05, 3.63) is 65.2 Å². The second kappa shape index (κ2) is 8.69. The monoisotopic (exact) mass is 464 g/mol. The molecular formula is C29H40N2O3. The van der Waals surface area contributed by atoms with Gasteiger partial charge in [0.1, 0.15) is 11.7 Å². The summed E-state index contributed by atoms with van der Waals surface area (Å²) in [5, 5.41) is 2.20. The highest BCUT2D eigenvalue weighted by atomic mass is 16.7. The van der Waals surface area contributed by atoms with Crippen LogP contribution in [0.15, 0.2) is 48.5 Å². The molecule has 5 nitrogen and oxygen atoms in total. The number of carbonyl (C=O) groups is 1. The van der Waals surface area contributed by atoms with Crippen molar-refractivity contribution in [1.82, 2.24) is 5.06 Å². The number of benzene rings is 2. The Morgan fingerprint density at radius 3 is 2.18 bits per heavy atom. The average molecular weight is 465 g/mol. The summed E-state index contributed by atoms with van der Waals surface area (Å²) in [7, 11) is 0. The van der Waals surface area contributed by atoms with Crippen LogP contribution in [0.3, 0.4) is 0 Å². The molecule has 1 amide bonds. The van der Waals surface area contributed by atoms with Gasteiger partial charge in [-0.3, -0.25) is 9.74 Å². The summed E-state index contributed by atoms with van der Waals surface area (Å²) in [6.07, 6.45) is 2.61. The molecule has 34 heavy (non-hydrogen) atoms. The Morgan fingerprint density at radius 1 is 0.971 bits per heavy atom. The maximum atomic E-state index is 13.6. The number of hydrogen-bond acceptors (Lipinski definition) is 4. The van der Waals surface area contributed by atoms with Gasteiger partial charge in [-0.25, -0.2) is 4.79 Å². The molecule has 0 saturated carbocycles. The number of piperidine rings is 1. The molecule has 2 aliphatic heterocycles. The van der Waals surface area contributed by atoms with Crippen LogP contribution in [0, 0.1) is 6.92 Å². The molecule has 0 spiro atoms. The van der Waals surface area contributed by atoms with Crippen LogP contribution in [0.1, 0.15) is 96.6 Å². The third kappa shape index (κ3) is 4.73. The zero-order valence-corrected chi connectivity index (χ0v) is 22.0. The lowest BCUT2D eigenvalue weighted by molar-refractivity contribution is -0.309. The first-order valence-corrected chi connectivity index (χ1v) is 12.4. The van der Waals surface area contributed by atoms with Crippen molar-refractivity contribution < 1.29 is 14.4 Å². The van der Waals surface area contributed by atoms with Crippen molar-refractivity contribution in [3.63, 3.8) is 0 Å². The fourth-order valence-corrected chi connectivity index (χ4v) is 5.56. The van der Waals surface area contributed by atoms with Crippen LogP contribution in [0.2, 0.25) is 0 Å². The van der Waals surface area contributed by atoms with Crippen LogP contribution in [0.25, 0.3) is 0 Å². The molecule has 1 fully saturated rings. The minimum atomic E-state index is -0.598. The molecule has 184 valence electrons. The van der Waals surface area contributed by atoms with E-state index in [1.54, 1.807) is 4.90 Å². The zero-order valence-electron chi connectivity index (χ0n) is 22.0. The van der Waals surface area contributed by atoms with Gasteiger partial charge in [0.15, 0.2) is 0 Å². The van der Waals surface area contributed by atoms with E-state index < -0.39 is 5.60 Å². The Hall–Kier alpha value is -2.37. The van der Waals surface area contributed by atoms with Gasteiger partial charge in [-0.05, 0) is 86.3 Å². The first-order chi connectivity index (χ1) is 15.8. The van der Waals surface area contributed by atoms with E-state index in [0.29, 0.717) is 0 Å². The van der Waals surface area contributed by atoms with Crippen molar-refractivity contribution >= 4 is 11.8 Å². The summed E-state index contributed by atoms with van der Waals surface area (Å²) in [5.74, 6) is 0. The van der Waals surface area contributed by atoms with Gasteiger partial charge >= 0.3 is 6.09 Å². The van der Waals surface area contributed by atoms with Crippen molar-refractivity contribution in [2.45, 2.75) is 103 Å². The molecule has 0 aromatic heterocycles. The Morgan fingerprint density at radius 2 is 1.59 bits per heavy atom. The Kier molecular flexibility index (Phi) is 6.32. The molecule has 2 aromatic carbocycles. The second-order valence-corrected chi connectivity index (χ2v) is 12.1. The van der Waals surface area contributed by atoms with Gasteiger partial charge in [-0.1, -0.05) is 48.0 Å². The number of hydroxylamine groups is 2. The first kappa shape index (κ1) is 24.7. The number of rotatable bonds is 3. The van der Waals surface area contributed by atoms with Gasteiger partial charge < -0.3 is 4.74 Å². The molecule has 0 unspecified atom stereocenters. The quantitative estimate of drug-likeness (QED) is 0.471. The predicted molar refractivity (Wildman–Crippen MR) is 137 cm³/mol. The highest BCUT2D eigenvalue weighted by Crippen LogP contribution is 2.53. The van der Waals surface area contributed by atoms with Gasteiger partial charge in [0, 0.05) is 16.6 Å². The average Bonchev–Trinajstić information content (AvgIpc) is 3.03. The summed E-state index contributed by atoms with van der Waals surface area (Å²) in [4.78, 5) is 22.4. The van der Waals surface area contributed by atoms with Gasteiger partial charge in [-0.15, -0.1) is 0 Å². The van der Waals surface area contributed by atoms with Crippen molar-refractivity contribution in [1.29, 1.82) is 0 Å². The summed E-state index contributed by atoms with van der Waals surface area (Å²) in [6, 6.07) is 16.1.